The summed E-state index contributed by atoms with van der Waals surface area (Å²) in [5, 5.41) is 10.2. The van der Waals surface area contributed by atoms with Gasteiger partial charge in [-0.05, 0) is 37.1 Å². The van der Waals surface area contributed by atoms with Gasteiger partial charge in [-0.15, -0.1) is 11.3 Å². The lowest BCUT2D eigenvalue weighted by Gasteiger charge is -2.06. The summed E-state index contributed by atoms with van der Waals surface area (Å²) in [5.74, 6) is -0.279. The highest BCUT2D eigenvalue weighted by molar-refractivity contribution is 7.14. The minimum Gasteiger partial charge on any atom is -0.347 e. The number of rotatable bonds is 5. The molecule has 6 nitrogen and oxygen atoms in total. The molecule has 0 aliphatic carbocycles. The maximum absolute atomic E-state index is 12.2. The highest BCUT2D eigenvalue weighted by Gasteiger charge is 2.12. The molecule has 0 unspecified atom stereocenters. The Bertz CT molecular complexity index is 951. The van der Waals surface area contributed by atoms with Crippen LogP contribution in [0.4, 0.5) is 15.6 Å². The number of urea groups is 1. The number of hydrogen-bond donors (Lipinski definition) is 3. The van der Waals surface area contributed by atoms with Crippen molar-refractivity contribution < 1.29 is 9.59 Å². The zero-order valence-corrected chi connectivity index (χ0v) is 15.9. The molecule has 1 aromatic heterocycles. The lowest BCUT2D eigenvalue weighted by atomic mass is 10.1. The summed E-state index contributed by atoms with van der Waals surface area (Å²) in [4.78, 5) is 28.4. The maximum atomic E-state index is 12.2. The fraction of sp³-hybridized carbons (Fsp3) is 0.150. The van der Waals surface area contributed by atoms with Crippen LogP contribution < -0.4 is 16.0 Å². The van der Waals surface area contributed by atoms with Crippen LogP contribution in [0.25, 0.3) is 0 Å². The van der Waals surface area contributed by atoms with Crippen molar-refractivity contribution in [3.8, 4) is 0 Å². The van der Waals surface area contributed by atoms with Gasteiger partial charge in [0.25, 0.3) is 5.91 Å². The largest absolute Gasteiger partial charge is 0.347 e. The van der Waals surface area contributed by atoms with Crippen LogP contribution in [0.1, 0.15) is 27.2 Å². The van der Waals surface area contributed by atoms with Gasteiger partial charge < -0.3 is 10.6 Å². The van der Waals surface area contributed by atoms with Crippen molar-refractivity contribution in [3.05, 3.63) is 76.3 Å². The topological polar surface area (TPSA) is 83.1 Å². The van der Waals surface area contributed by atoms with E-state index in [4.69, 9.17) is 0 Å². The van der Waals surface area contributed by atoms with E-state index < -0.39 is 6.03 Å². The number of anilines is 2. The number of aromatic nitrogens is 1. The van der Waals surface area contributed by atoms with Crippen LogP contribution in [0.15, 0.2) is 53.9 Å². The second-order valence-electron chi connectivity index (χ2n) is 6.15. The van der Waals surface area contributed by atoms with Crippen LogP contribution in [-0.2, 0) is 6.54 Å². The van der Waals surface area contributed by atoms with Crippen LogP contribution in [0.5, 0.6) is 0 Å². The van der Waals surface area contributed by atoms with E-state index in [1.54, 1.807) is 11.4 Å². The third-order valence-corrected chi connectivity index (χ3v) is 4.56. The average molecular weight is 380 g/mol. The molecule has 0 aliphatic rings. The van der Waals surface area contributed by atoms with Crippen molar-refractivity contribution in [1.82, 2.24) is 10.3 Å². The number of thiazole rings is 1. The van der Waals surface area contributed by atoms with Crippen molar-refractivity contribution >= 4 is 34.1 Å². The van der Waals surface area contributed by atoms with Crippen molar-refractivity contribution in [2.75, 3.05) is 10.6 Å². The van der Waals surface area contributed by atoms with Crippen molar-refractivity contribution in [1.29, 1.82) is 0 Å². The molecule has 3 N–H and O–H groups in total. The van der Waals surface area contributed by atoms with Crippen LogP contribution in [0.3, 0.4) is 0 Å². The Balaban J connectivity index is 1.53. The Morgan fingerprint density at radius 1 is 1.00 bits per heavy atom. The van der Waals surface area contributed by atoms with Gasteiger partial charge in [0.2, 0.25) is 0 Å². The van der Waals surface area contributed by atoms with Gasteiger partial charge in [-0.1, -0.05) is 42.0 Å². The molecule has 0 bridgehead atoms. The molecule has 0 fully saturated rings. The Morgan fingerprint density at radius 2 is 1.78 bits per heavy atom. The molecule has 0 saturated heterocycles. The zero-order valence-electron chi connectivity index (χ0n) is 15.1. The van der Waals surface area contributed by atoms with E-state index in [0.29, 0.717) is 17.4 Å². The lowest BCUT2D eigenvalue weighted by molar-refractivity contribution is 0.0946. The van der Waals surface area contributed by atoms with Gasteiger partial charge in [-0.3, -0.25) is 10.1 Å². The Morgan fingerprint density at radius 3 is 2.52 bits per heavy atom. The number of carbonyl (C=O) groups excluding carboxylic acids is 2. The lowest BCUT2D eigenvalue weighted by Crippen LogP contribution is -2.23. The second-order valence-corrected chi connectivity index (χ2v) is 7.01. The standard InChI is InChI=1S/C20H20N4O2S/c1-13-6-8-15(9-7-13)11-21-18(25)17-12-27-20(23-17)24-19(26)22-16-5-3-4-14(2)10-16/h3-10,12H,11H2,1-2H3,(H,21,25)(H2,22,23,24,26). The van der Waals surface area contributed by atoms with Crippen LogP contribution in [-0.4, -0.2) is 16.9 Å². The SMILES string of the molecule is Cc1ccc(CNC(=O)c2csc(NC(=O)Nc3cccc(C)c3)n2)cc1. The van der Waals surface area contributed by atoms with E-state index in [0.717, 1.165) is 11.1 Å². The Kier molecular flexibility index (Phi) is 5.83. The Hall–Kier alpha value is -3.19. The van der Waals surface area contributed by atoms with Crippen molar-refractivity contribution in [2.24, 2.45) is 0 Å². The molecular formula is C20H20N4O2S. The van der Waals surface area contributed by atoms with Gasteiger partial charge in [-0.2, -0.15) is 0 Å². The first-order valence-electron chi connectivity index (χ1n) is 8.43. The second kappa shape index (κ2) is 8.46. The van der Waals surface area contributed by atoms with Gasteiger partial charge in [-0.25, -0.2) is 9.78 Å². The number of carbonyl (C=O) groups is 2. The average Bonchev–Trinajstić information content (AvgIpc) is 3.09. The maximum Gasteiger partial charge on any atom is 0.325 e. The molecule has 0 aliphatic heterocycles. The predicted octanol–water partition coefficient (Wildman–Crippen LogP) is 4.33. The first kappa shape index (κ1) is 18.6. The smallest absolute Gasteiger partial charge is 0.325 e. The van der Waals surface area contributed by atoms with Gasteiger partial charge in [0.1, 0.15) is 5.69 Å². The van der Waals surface area contributed by atoms with Crippen LogP contribution in [0.2, 0.25) is 0 Å². The summed E-state index contributed by atoms with van der Waals surface area (Å²) >= 11 is 1.20. The molecule has 0 atom stereocenters. The van der Waals surface area contributed by atoms with E-state index in [2.05, 4.69) is 20.9 Å². The molecule has 0 radical (unpaired) electrons. The molecule has 0 spiro atoms. The highest BCUT2D eigenvalue weighted by Crippen LogP contribution is 2.16. The minimum absolute atomic E-state index is 0.276. The van der Waals surface area contributed by atoms with E-state index in [1.807, 2.05) is 56.3 Å². The molecule has 138 valence electrons. The molecule has 3 aromatic rings. The van der Waals surface area contributed by atoms with Crippen LogP contribution >= 0.6 is 11.3 Å². The summed E-state index contributed by atoms with van der Waals surface area (Å²) in [6.07, 6.45) is 0. The fourth-order valence-electron chi connectivity index (χ4n) is 2.40. The zero-order chi connectivity index (χ0) is 19.2. The number of benzene rings is 2. The molecule has 27 heavy (non-hydrogen) atoms. The molecule has 7 heteroatoms. The normalized spacial score (nSPS) is 10.3. The quantitative estimate of drug-likeness (QED) is 0.616. The fourth-order valence-corrected chi connectivity index (χ4v) is 3.08. The summed E-state index contributed by atoms with van der Waals surface area (Å²) < 4.78 is 0. The number of amides is 3. The van der Waals surface area contributed by atoms with E-state index >= 15 is 0 Å². The molecule has 2 aromatic carbocycles. The number of nitrogens with zero attached hydrogens (tertiary/aromatic N) is 1. The minimum atomic E-state index is -0.401. The third kappa shape index (κ3) is 5.39. The molecule has 3 rings (SSSR count). The number of nitrogens with one attached hydrogen (secondary N) is 3. The first-order chi connectivity index (χ1) is 13.0. The monoisotopic (exact) mass is 380 g/mol. The van der Waals surface area contributed by atoms with Gasteiger partial charge >= 0.3 is 6.03 Å². The van der Waals surface area contributed by atoms with E-state index in [9.17, 15) is 9.59 Å². The summed E-state index contributed by atoms with van der Waals surface area (Å²) in [6, 6.07) is 15.0. The molecule has 1 heterocycles. The summed E-state index contributed by atoms with van der Waals surface area (Å²) in [5.41, 5.74) is 4.21. The van der Waals surface area contributed by atoms with Crippen LogP contribution in [0, 0.1) is 13.8 Å². The van der Waals surface area contributed by atoms with Crippen molar-refractivity contribution in [3.63, 3.8) is 0 Å². The predicted molar refractivity (Wildman–Crippen MR) is 108 cm³/mol. The summed E-state index contributed by atoms with van der Waals surface area (Å²) in [6.45, 7) is 4.39. The molecular weight excluding hydrogens is 360 g/mol. The third-order valence-electron chi connectivity index (χ3n) is 3.81. The highest BCUT2D eigenvalue weighted by atomic mass is 32.1. The van der Waals surface area contributed by atoms with E-state index in [-0.39, 0.29) is 11.6 Å². The summed E-state index contributed by atoms with van der Waals surface area (Å²) in [7, 11) is 0. The van der Waals surface area contributed by atoms with Gasteiger partial charge in [0.05, 0.1) is 0 Å². The number of hydrogen-bond acceptors (Lipinski definition) is 4. The van der Waals surface area contributed by atoms with Gasteiger partial charge in [0.15, 0.2) is 5.13 Å². The Labute approximate surface area is 161 Å². The van der Waals surface area contributed by atoms with Gasteiger partial charge in [0, 0.05) is 17.6 Å². The van der Waals surface area contributed by atoms with Crippen molar-refractivity contribution in [2.45, 2.75) is 20.4 Å². The molecule has 3 amide bonds. The first-order valence-corrected chi connectivity index (χ1v) is 9.31. The molecule has 0 saturated carbocycles. The van der Waals surface area contributed by atoms with E-state index in [1.165, 1.54) is 16.9 Å². The number of aryl methyl sites for hydroxylation is 2.